The van der Waals surface area contributed by atoms with Crippen LogP contribution in [0.2, 0.25) is 0 Å². The normalized spacial score (nSPS) is 17.1. The lowest BCUT2D eigenvalue weighted by molar-refractivity contribution is 0.0168. The van der Waals surface area contributed by atoms with Crippen molar-refractivity contribution in [2.75, 3.05) is 47.1 Å². The van der Waals surface area contributed by atoms with Gasteiger partial charge in [-0.1, -0.05) is 26.0 Å². The van der Waals surface area contributed by atoms with Crippen LogP contribution in [0.4, 0.5) is 0 Å². The molecule has 28 heavy (non-hydrogen) atoms. The van der Waals surface area contributed by atoms with Gasteiger partial charge in [0.05, 0.1) is 19.8 Å². The lowest BCUT2D eigenvalue weighted by atomic mass is 9.84. The molecule has 1 unspecified atom stereocenters. The van der Waals surface area contributed by atoms with Crippen LogP contribution in [-0.4, -0.2) is 59.1 Å². The van der Waals surface area contributed by atoms with Crippen LogP contribution in [0.15, 0.2) is 29.3 Å². The third-order valence-corrected chi connectivity index (χ3v) is 4.86. The summed E-state index contributed by atoms with van der Waals surface area (Å²) in [5.41, 5.74) is 1.18. The predicted octanol–water partition coefficient (Wildman–Crippen LogP) is 3.34. The van der Waals surface area contributed by atoms with Crippen molar-refractivity contribution in [3.63, 3.8) is 0 Å². The molecule has 6 nitrogen and oxygen atoms in total. The Kier molecular flexibility index (Phi) is 11.8. The summed E-state index contributed by atoms with van der Waals surface area (Å²) in [4.78, 5) is 4.31. The van der Waals surface area contributed by atoms with Crippen molar-refractivity contribution in [3.8, 4) is 5.75 Å². The molecule has 2 N–H and O–H groups in total. The van der Waals surface area contributed by atoms with Crippen LogP contribution >= 0.6 is 24.0 Å². The van der Waals surface area contributed by atoms with E-state index in [2.05, 4.69) is 41.6 Å². The Balaban J connectivity index is 0.00000392. The molecular formula is C21H36IN3O3. The van der Waals surface area contributed by atoms with Gasteiger partial charge in [0.25, 0.3) is 0 Å². The summed E-state index contributed by atoms with van der Waals surface area (Å²) in [5, 5.41) is 6.77. The van der Waals surface area contributed by atoms with E-state index in [0.717, 1.165) is 57.3 Å². The number of ether oxygens (including phenoxy) is 3. The van der Waals surface area contributed by atoms with E-state index in [9.17, 15) is 0 Å². The van der Waals surface area contributed by atoms with Crippen molar-refractivity contribution in [1.82, 2.24) is 10.6 Å². The average Bonchev–Trinajstić information content (AvgIpc) is 3.20. The summed E-state index contributed by atoms with van der Waals surface area (Å²) in [6.45, 7) is 8.34. The second-order valence-corrected chi connectivity index (χ2v) is 7.53. The van der Waals surface area contributed by atoms with Crippen molar-refractivity contribution in [2.45, 2.75) is 44.6 Å². The Labute approximate surface area is 186 Å². The van der Waals surface area contributed by atoms with E-state index in [-0.39, 0.29) is 29.4 Å². The number of rotatable bonds is 10. The minimum absolute atomic E-state index is 0. The Morgan fingerprint density at radius 3 is 2.82 bits per heavy atom. The second-order valence-electron chi connectivity index (χ2n) is 7.53. The fourth-order valence-electron chi connectivity index (χ4n) is 3.04. The highest BCUT2D eigenvalue weighted by Gasteiger charge is 2.21. The van der Waals surface area contributed by atoms with Crippen LogP contribution in [0.1, 0.15) is 38.7 Å². The van der Waals surface area contributed by atoms with E-state index in [1.807, 2.05) is 12.1 Å². The zero-order valence-electron chi connectivity index (χ0n) is 17.6. The molecule has 1 aromatic rings. The Hall–Kier alpha value is -1.06. The third kappa shape index (κ3) is 8.53. The number of nitrogens with zero attached hydrogens (tertiary/aromatic N) is 1. The number of guanidine groups is 1. The summed E-state index contributed by atoms with van der Waals surface area (Å²) >= 11 is 0. The molecule has 0 radical (unpaired) electrons. The van der Waals surface area contributed by atoms with Gasteiger partial charge < -0.3 is 24.8 Å². The van der Waals surface area contributed by atoms with Crippen LogP contribution in [0.25, 0.3) is 0 Å². The zero-order valence-corrected chi connectivity index (χ0v) is 20.0. The van der Waals surface area contributed by atoms with Gasteiger partial charge in [0.2, 0.25) is 0 Å². The van der Waals surface area contributed by atoms with Crippen molar-refractivity contribution >= 4 is 29.9 Å². The maximum Gasteiger partial charge on any atom is 0.191 e. The topological polar surface area (TPSA) is 64.1 Å². The van der Waals surface area contributed by atoms with Gasteiger partial charge in [-0.2, -0.15) is 0 Å². The molecular weight excluding hydrogens is 469 g/mol. The highest BCUT2D eigenvalue weighted by atomic mass is 127. The number of aliphatic imine (C=N–C) groups is 1. The van der Waals surface area contributed by atoms with E-state index in [4.69, 9.17) is 14.2 Å². The van der Waals surface area contributed by atoms with Gasteiger partial charge in [0.15, 0.2) is 5.96 Å². The number of hydrogen-bond donors (Lipinski definition) is 2. The first-order chi connectivity index (χ1) is 13.0. The molecule has 160 valence electrons. The van der Waals surface area contributed by atoms with Crippen LogP contribution in [0.3, 0.4) is 0 Å². The standard InChI is InChI=1S/C21H35N3O3.HI/c1-21(2,17-8-5-9-18(14-17)25-4)16-24-20(22-3)23-11-7-12-26-15-19-10-6-13-27-19;/h5,8-9,14,19H,6-7,10-13,15-16H2,1-4H3,(H2,22,23,24);1H. The van der Waals surface area contributed by atoms with Crippen LogP contribution < -0.4 is 15.4 Å². The molecule has 1 aliphatic heterocycles. The lowest BCUT2D eigenvalue weighted by Crippen LogP contribution is -2.43. The van der Waals surface area contributed by atoms with Gasteiger partial charge in [-0.05, 0) is 37.0 Å². The zero-order chi connectivity index (χ0) is 19.5. The Bertz CT molecular complexity index is 590. The molecule has 0 aromatic heterocycles. The maximum absolute atomic E-state index is 5.69. The minimum atomic E-state index is -0.0451. The molecule has 1 aromatic carbocycles. The number of benzene rings is 1. The molecule has 0 aliphatic carbocycles. The quantitative estimate of drug-likeness (QED) is 0.221. The highest BCUT2D eigenvalue weighted by molar-refractivity contribution is 14.0. The summed E-state index contributed by atoms with van der Waals surface area (Å²) in [6, 6.07) is 8.21. The molecule has 7 heteroatoms. The van der Waals surface area contributed by atoms with Gasteiger partial charge in [-0.15, -0.1) is 24.0 Å². The van der Waals surface area contributed by atoms with Crippen LogP contribution in [-0.2, 0) is 14.9 Å². The smallest absolute Gasteiger partial charge is 0.191 e. The molecule has 1 saturated heterocycles. The third-order valence-electron chi connectivity index (χ3n) is 4.86. The van der Waals surface area contributed by atoms with E-state index < -0.39 is 0 Å². The van der Waals surface area contributed by atoms with Gasteiger partial charge in [-0.3, -0.25) is 4.99 Å². The molecule has 1 aliphatic rings. The first-order valence-corrected chi connectivity index (χ1v) is 9.83. The molecule has 0 spiro atoms. The molecule has 1 atom stereocenters. The van der Waals surface area contributed by atoms with Crippen molar-refractivity contribution in [2.24, 2.45) is 4.99 Å². The number of nitrogens with one attached hydrogen (secondary N) is 2. The molecule has 0 bridgehead atoms. The van der Waals surface area contributed by atoms with Crippen LogP contribution in [0.5, 0.6) is 5.75 Å². The van der Waals surface area contributed by atoms with Crippen molar-refractivity contribution in [3.05, 3.63) is 29.8 Å². The maximum atomic E-state index is 5.69. The lowest BCUT2D eigenvalue weighted by Gasteiger charge is -2.27. The summed E-state index contributed by atoms with van der Waals surface area (Å²) in [7, 11) is 3.49. The molecule has 0 saturated carbocycles. The number of hydrogen-bond acceptors (Lipinski definition) is 4. The monoisotopic (exact) mass is 505 g/mol. The molecule has 1 fully saturated rings. The Morgan fingerprint density at radius 2 is 2.14 bits per heavy atom. The van der Waals surface area contributed by atoms with E-state index in [1.165, 1.54) is 5.56 Å². The first-order valence-electron chi connectivity index (χ1n) is 9.83. The van der Waals surface area contributed by atoms with Crippen LogP contribution in [0, 0.1) is 0 Å². The number of halogens is 1. The van der Waals surface area contributed by atoms with E-state index in [0.29, 0.717) is 12.7 Å². The fourth-order valence-corrected chi connectivity index (χ4v) is 3.04. The molecule has 0 amide bonds. The first kappa shape index (κ1) is 25.0. The minimum Gasteiger partial charge on any atom is -0.497 e. The largest absolute Gasteiger partial charge is 0.497 e. The van der Waals surface area contributed by atoms with Gasteiger partial charge >= 0.3 is 0 Å². The molecule has 1 heterocycles. The fraction of sp³-hybridized carbons (Fsp3) is 0.667. The SMILES string of the molecule is CN=C(NCCCOCC1CCCO1)NCC(C)(C)c1cccc(OC)c1.I. The van der Waals surface area contributed by atoms with Gasteiger partial charge in [0, 0.05) is 38.8 Å². The predicted molar refractivity (Wildman–Crippen MR) is 125 cm³/mol. The average molecular weight is 505 g/mol. The van der Waals surface area contributed by atoms with Gasteiger partial charge in [0.1, 0.15) is 5.75 Å². The highest BCUT2D eigenvalue weighted by Crippen LogP contribution is 2.25. The van der Waals surface area contributed by atoms with Gasteiger partial charge in [-0.25, -0.2) is 0 Å². The van der Waals surface area contributed by atoms with E-state index >= 15 is 0 Å². The Morgan fingerprint density at radius 1 is 1.32 bits per heavy atom. The van der Waals surface area contributed by atoms with Crippen molar-refractivity contribution < 1.29 is 14.2 Å². The molecule has 2 rings (SSSR count). The number of methoxy groups -OCH3 is 1. The van der Waals surface area contributed by atoms with Crippen molar-refractivity contribution in [1.29, 1.82) is 0 Å². The summed E-state index contributed by atoms with van der Waals surface area (Å²) in [5.74, 6) is 1.69. The second kappa shape index (κ2) is 13.2. The summed E-state index contributed by atoms with van der Waals surface area (Å²) in [6.07, 6.45) is 3.51. The summed E-state index contributed by atoms with van der Waals surface area (Å²) < 4.78 is 16.6. The van der Waals surface area contributed by atoms with E-state index in [1.54, 1.807) is 14.2 Å².